The Kier molecular flexibility index (Phi) is 5.07. The molecule has 0 saturated heterocycles. The second-order valence-electron chi connectivity index (χ2n) is 6.15. The van der Waals surface area contributed by atoms with Gasteiger partial charge in [0.25, 0.3) is 0 Å². The van der Waals surface area contributed by atoms with Crippen LogP contribution in [0.15, 0.2) is 34.9 Å². The van der Waals surface area contributed by atoms with Gasteiger partial charge < -0.3 is 14.5 Å². The van der Waals surface area contributed by atoms with Crippen LogP contribution in [0.1, 0.15) is 23.4 Å². The Morgan fingerprint density at radius 2 is 2.16 bits per heavy atom. The van der Waals surface area contributed by atoms with Gasteiger partial charge in [0.05, 0.1) is 25.5 Å². The van der Waals surface area contributed by atoms with E-state index in [0.717, 1.165) is 46.6 Å². The highest BCUT2D eigenvalue weighted by molar-refractivity contribution is 5.88. The standard InChI is InChI=1S/C19H23N3O3/c1-13-9-14(2)22(21-13)8-4-7-20-19(23)10-15-12-25-18-11-16(24-3)5-6-17(15)18/h5-6,9,11-12H,4,7-8,10H2,1-3H3,(H,20,23). The zero-order valence-electron chi connectivity index (χ0n) is 14.8. The van der Waals surface area contributed by atoms with Crippen molar-refractivity contribution >= 4 is 16.9 Å². The van der Waals surface area contributed by atoms with Crippen molar-refractivity contribution in [3.05, 3.63) is 47.5 Å². The monoisotopic (exact) mass is 341 g/mol. The summed E-state index contributed by atoms with van der Waals surface area (Å²) in [6.07, 6.45) is 2.79. The number of rotatable bonds is 7. The zero-order chi connectivity index (χ0) is 17.8. The number of aryl methyl sites for hydroxylation is 3. The number of aromatic nitrogens is 2. The number of hydrogen-bond donors (Lipinski definition) is 1. The third kappa shape index (κ3) is 4.02. The molecule has 25 heavy (non-hydrogen) atoms. The molecule has 0 unspecified atom stereocenters. The van der Waals surface area contributed by atoms with E-state index in [9.17, 15) is 4.79 Å². The lowest BCUT2D eigenvalue weighted by Crippen LogP contribution is -2.26. The summed E-state index contributed by atoms with van der Waals surface area (Å²) in [5.41, 5.74) is 3.77. The number of hydrogen-bond acceptors (Lipinski definition) is 4. The van der Waals surface area contributed by atoms with Crippen molar-refractivity contribution in [3.8, 4) is 5.75 Å². The lowest BCUT2D eigenvalue weighted by Gasteiger charge is -2.06. The van der Waals surface area contributed by atoms with Crippen LogP contribution < -0.4 is 10.1 Å². The van der Waals surface area contributed by atoms with E-state index < -0.39 is 0 Å². The fourth-order valence-corrected chi connectivity index (χ4v) is 2.92. The summed E-state index contributed by atoms with van der Waals surface area (Å²) < 4.78 is 12.7. The highest BCUT2D eigenvalue weighted by Gasteiger charge is 2.11. The summed E-state index contributed by atoms with van der Waals surface area (Å²) >= 11 is 0. The Labute approximate surface area is 146 Å². The Bertz CT molecular complexity index is 879. The van der Waals surface area contributed by atoms with Gasteiger partial charge >= 0.3 is 0 Å². The van der Waals surface area contributed by atoms with Gasteiger partial charge in [-0.3, -0.25) is 9.48 Å². The molecule has 0 aliphatic rings. The molecule has 0 bridgehead atoms. The van der Waals surface area contributed by atoms with Crippen LogP contribution in [0.3, 0.4) is 0 Å². The number of carbonyl (C=O) groups is 1. The van der Waals surface area contributed by atoms with Crippen molar-refractivity contribution in [2.45, 2.75) is 33.2 Å². The topological polar surface area (TPSA) is 69.3 Å². The second-order valence-corrected chi connectivity index (χ2v) is 6.15. The van der Waals surface area contributed by atoms with Crippen LogP contribution in [0.4, 0.5) is 0 Å². The minimum absolute atomic E-state index is 0.00751. The largest absolute Gasteiger partial charge is 0.497 e. The van der Waals surface area contributed by atoms with E-state index in [-0.39, 0.29) is 5.91 Å². The van der Waals surface area contributed by atoms with Gasteiger partial charge in [-0.05, 0) is 38.5 Å². The van der Waals surface area contributed by atoms with Gasteiger partial charge in [0.1, 0.15) is 11.3 Å². The summed E-state index contributed by atoms with van der Waals surface area (Å²) in [6.45, 7) is 5.45. The summed E-state index contributed by atoms with van der Waals surface area (Å²) in [7, 11) is 1.62. The molecule has 6 heteroatoms. The quantitative estimate of drug-likeness (QED) is 0.671. The number of ether oxygens (including phenoxy) is 1. The molecule has 0 aliphatic heterocycles. The Morgan fingerprint density at radius 1 is 1.32 bits per heavy atom. The van der Waals surface area contributed by atoms with Crippen LogP contribution in [-0.2, 0) is 17.8 Å². The summed E-state index contributed by atoms with van der Waals surface area (Å²) in [5.74, 6) is 0.730. The number of nitrogens with one attached hydrogen (secondary N) is 1. The molecule has 1 N–H and O–H groups in total. The minimum atomic E-state index is -0.00751. The lowest BCUT2D eigenvalue weighted by molar-refractivity contribution is -0.120. The normalized spacial score (nSPS) is 11.0. The van der Waals surface area contributed by atoms with Crippen LogP contribution in [0.2, 0.25) is 0 Å². The zero-order valence-corrected chi connectivity index (χ0v) is 14.8. The molecule has 2 heterocycles. The minimum Gasteiger partial charge on any atom is -0.497 e. The Balaban J connectivity index is 1.50. The van der Waals surface area contributed by atoms with Gasteiger partial charge in [-0.2, -0.15) is 5.10 Å². The lowest BCUT2D eigenvalue weighted by atomic mass is 10.1. The van der Waals surface area contributed by atoms with Gasteiger partial charge in [-0.15, -0.1) is 0 Å². The maximum atomic E-state index is 12.2. The first kappa shape index (κ1) is 17.1. The SMILES string of the molecule is COc1ccc2c(CC(=O)NCCCn3nc(C)cc3C)coc2c1. The molecule has 0 spiro atoms. The number of methoxy groups -OCH3 is 1. The van der Waals surface area contributed by atoms with Crippen LogP contribution in [0, 0.1) is 13.8 Å². The van der Waals surface area contributed by atoms with Crippen molar-refractivity contribution in [3.63, 3.8) is 0 Å². The molecule has 3 aromatic rings. The third-order valence-electron chi connectivity index (χ3n) is 4.19. The van der Waals surface area contributed by atoms with Crippen LogP contribution in [0.5, 0.6) is 5.75 Å². The Hall–Kier alpha value is -2.76. The predicted molar refractivity (Wildman–Crippen MR) is 95.8 cm³/mol. The summed E-state index contributed by atoms with van der Waals surface area (Å²) in [5, 5.41) is 8.32. The smallest absolute Gasteiger partial charge is 0.224 e. The molecule has 1 amide bonds. The number of fused-ring (bicyclic) bond motifs is 1. The average molecular weight is 341 g/mol. The average Bonchev–Trinajstić information content (AvgIpc) is 3.13. The van der Waals surface area contributed by atoms with E-state index in [4.69, 9.17) is 9.15 Å². The molecular formula is C19H23N3O3. The predicted octanol–water partition coefficient (Wildman–Crippen LogP) is 3.00. The molecule has 3 rings (SSSR count). The third-order valence-corrected chi connectivity index (χ3v) is 4.19. The van der Waals surface area contributed by atoms with E-state index in [2.05, 4.69) is 16.5 Å². The number of amides is 1. The van der Waals surface area contributed by atoms with Crippen LogP contribution in [0.25, 0.3) is 11.0 Å². The molecule has 0 radical (unpaired) electrons. The Morgan fingerprint density at radius 3 is 2.88 bits per heavy atom. The number of nitrogens with zero attached hydrogens (tertiary/aromatic N) is 2. The molecule has 0 aliphatic carbocycles. The molecule has 0 fully saturated rings. The first-order valence-corrected chi connectivity index (χ1v) is 8.38. The van der Waals surface area contributed by atoms with Gasteiger partial charge in [0.2, 0.25) is 5.91 Å². The van der Waals surface area contributed by atoms with Gasteiger partial charge in [-0.1, -0.05) is 0 Å². The number of carbonyl (C=O) groups excluding carboxylic acids is 1. The molecule has 0 saturated carbocycles. The van der Waals surface area contributed by atoms with Crippen LogP contribution in [-0.4, -0.2) is 29.3 Å². The van der Waals surface area contributed by atoms with Crippen molar-refractivity contribution in [2.75, 3.05) is 13.7 Å². The van der Waals surface area contributed by atoms with Crippen molar-refractivity contribution in [2.24, 2.45) is 0 Å². The van der Waals surface area contributed by atoms with Gasteiger partial charge in [-0.25, -0.2) is 0 Å². The summed E-state index contributed by atoms with van der Waals surface area (Å²) in [4.78, 5) is 12.2. The molecule has 6 nitrogen and oxygen atoms in total. The molecule has 1 aromatic carbocycles. The molecular weight excluding hydrogens is 318 g/mol. The van der Waals surface area contributed by atoms with Crippen molar-refractivity contribution in [1.82, 2.24) is 15.1 Å². The van der Waals surface area contributed by atoms with Crippen LogP contribution >= 0.6 is 0 Å². The van der Waals surface area contributed by atoms with E-state index in [0.29, 0.717) is 13.0 Å². The maximum Gasteiger partial charge on any atom is 0.224 e. The van der Waals surface area contributed by atoms with E-state index in [1.54, 1.807) is 13.4 Å². The first-order valence-electron chi connectivity index (χ1n) is 8.38. The molecule has 0 atom stereocenters. The highest BCUT2D eigenvalue weighted by atomic mass is 16.5. The first-order chi connectivity index (χ1) is 12.1. The number of furan rings is 1. The molecule has 132 valence electrons. The van der Waals surface area contributed by atoms with E-state index >= 15 is 0 Å². The van der Waals surface area contributed by atoms with E-state index in [1.165, 1.54) is 0 Å². The molecule has 2 aromatic heterocycles. The summed E-state index contributed by atoms with van der Waals surface area (Å²) in [6, 6.07) is 7.67. The fraction of sp³-hybridized carbons (Fsp3) is 0.368. The van der Waals surface area contributed by atoms with Gasteiger partial charge in [0.15, 0.2) is 0 Å². The highest BCUT2D eigenvalue weighted by Crippen LogP contribution is 2.25. The van der Waals surface area contributed by atoms with Crippen molar-refractivity contribution in [1.29, 1.82) is 0 Å². The maximum absolute atomic E-state index is 12.2. The van der Waals surface area contributed by atoms with Crippen molar-refractivity contribution < 1.29 is 13.9 Å². The second kappa shape index (κ2) is 7.42. The fourth-order valence-electron chi connectivity index (χ4n) is 2.92. The van der Waals surface area contributed by atoms with E-state index in [1.807, 2.05) is 36.7 Å². The van der Waals surface area contributed by atoms with Gasteiger partial charge in [0, 0.05) is 35.8 Å². The number of benzene rings is 1.